The number of benzene rings is 6. The molecule has 0 amide bonds. The fourth-order valence-corrected chi connectivity index (χ4v) is 19.7. The van der Waals surface area contributed by atoms with Gasteiger partial charge in [0.2, 0.25) is 17.1 Å². The topological polar surface area (TPSA) is 11.6 Å². The van der Waals surface area contributed by atoms with Crippen molar-refractivity contribution in [3.63, 3.8) is 0 Å². The summed E-state index contributed by atoms with van der Waals surface area (Å²) in [5, 5.41) is 7.48. The first-order valence-electron chi connectivity index (χ1n) is 16.9. The average Bonchev–Trinajstić information content (AvgIpc) is 3.70. The Morgan fingerprint density at radius 2 is 0.571 bits per heavy atom. The van der Waals surface area contributed by atoms with Crippen LogP contribution in [0.2, 0.25) is 0 Å². The Morgan fingerprint density at radius 1 is 0.286 bits per heavy atom. The highest BCUT2D eigenvalue weighted by atomic mass is 32.4. The van der Waals surface area contributed by atoms with Gasteiger partial charge in [-0.25, -0.2) is 0 Å². The second kappa shape index (κ2) is 8.12. The van der Waals surface area contributed by atoms with E-state index in [-0.39, 0.29) is 0 Å². The van der Waals surface area contributed by atoms with Gasteiger partial charge in [0.05, 0.1) is 32.8 Å². The Kier molecular flexibility index (Phi) is 4.30. The van der Waals surface area contributed by atoms with Crippen molar-refractivity contribution in [3.8, 4) is 33.8 Å². The maximum atomic E-state index is 2.77. The summed E-state index contributed by atoms with van der Waals surface area (Å²) in [5.74, 6) is 0. The lowest BCUT2D eigenvalue weighted by atomic mass is 10.0. The van der Waals surface area contributed by atoms with Gasteiger partial charge in [-0.05, 0) is 70.8 Å². The lowest BCUT2D eigenvalue weighted by molar-refractivity contribution is -0.725. The average molecular weight is 645 g/mol. The molecule has 3 aliphatic heterocycles. The Bertz CT molecular complexity index is 2680. The van der Waals surface area contributed by atoms with Gasteiger partial charge in [0.15, 0.2) is 42.1 Å². The quantitative estimate of drug-likeness (QED) is 0.146. The molecule has 3 aliphatic rings. The highest BCUT2D eigenvalue weighted by molar-refractivity contribution is 8.50. The summed E-state index contributed by atoms with van der Waals surface area (Å²) in [6, 6.07) is 61.6. The van der Waals surface area contributed by atoms with Gasteiger partial charge in [-0.15, -0.1) is 0 Å². The molecule has 0 fully saturated rings. The van der Waals surface area contributed by atoms with Crippen LogP contribution in [0.25, 0.3) is 66.1 Å². The molecule has 12 rings (SSSR count). The number of nitrogens with zero attached hydrogens (tertiary/aromatic N) is 3. The summed E-state index contributed by atoms with van der Waals surface area (Å²) in [4.78, 5) is 3.99. The zero-order chi connectivity index (χ0) is 32.0. The van der Waals surface area contributed by atoms with E-state index in [0.717, 1.165) is 0 Å². The summed E-state index contributed by atoms with van der Waals surface area (Å²) in [6.45, 7) is 0. The molecule has 6 aromatic carbocycles. The maximum absolute atomic E-state index is 4.61. The SMILES string of the molecule is c1ccc2c(c1)-c1c3ccccc3cc[n+]1S213(c2ccccc2-c2c4ccccc4cc[n+]21)c1ccccc1-c1c2ccccc2cc[n+]13. The summed E-state index contributed by atoms with van der Waals surface area (Å²) in [6.07, 6.45) is 7.25. The van der Waals surface area contributed by atoms with Gasteiger partial charge in [-0.1, -0.05) is 103 Å². The van der Waals surface area contributed by atoms with E-state index in [9.17, 15) is 0 Å². The fraction of sp³-hybridized carbons (Fsp3) is 0. The molecule has 0 unspecified atom stereocenters. The third-order valence-corrected chi connectivity index (χ3v) is 19.8. The van der Waals surface area contributed by atoms with E-state index < -0.39 is 8.85 Å². The highest BCUT2D eigenvalue weighted by Gasteiger charge is 2.95. The van der Waals surface area contributed by atoms with Crippen molar-refractivity contribution in [1.82, 2.24) is 0 Å². The minimum absolute atomic E-state index is 1.24. The first kappa shape index (κ1) is 25.9. The van der Waals surface area contributed by atoms with Crippen LogP contribution in [0.15, 0.2) is 197 Å². The van der Waals surface area contributed by atoms with Crippen LogP contribution in [0.3, 0.4) is 0 Å². The van der Waals surface area contributed by atoms with Crippen LogP contribution in [0.5, 0.6) is 0 Å². The molecule has 1 spiro atoms. The molecule has 6 heterocycles. The first-order chi connectivity index (χ1) is 24.3. The molecule has 3 aromatic heterocycles. The number of pyridine rings is 3. The maximum Gasteiger partial charge on any atom is 0.243 e. The number of hydrogen-bond acceptors (Lipinski definition) is 0. The molecule has 3 nitrogen and oxygen atoms in total. The molecule has 9 aromatic rings. The van der Waals surface area contributed by atoms with Crippen LogP contribution >= 0.6 is 8.85 Å². The molecule has 0 aliphatic carbocycles. The van der Waals surface area contributed by atoms with Crippen LogP contribution < -0.4 is 11.9 Å². The number of aromatic nitrogens is 3. The van der Waals surface area contributed by atoms with E-state index in [1.807, 2.05) is 0 Å². The van der Waals surface area contributed by atoms with E-state index in [0.29, 0.717) is 0 Å². The summed E-state index contributed by atoms with van der Waals surface area (Å²) in [7, 11) is -4.61. The third-order valence-electron chi connectivity index (χ3n) is 11.9. The predicted molar refractivity (Wildman–Crippen MR) is 197 cm³/mol. The molecule has 0 atom stereocenters. The molecule has 0 saturated heterocycles. The molecule has 228 valence electrons. The Balaban J connectivity index is 1.55. The second-order valence-electron chi connectivity index (χ2n) is 13.6. The van der Waals surface area contributed by atoms with Crippen LogP contribution in [0, 0.1) is 0 Å². The zero-order valence-electron chi connectivity index (χ0n) is 26.6. The molecular formula is C45H30N3S+3. The van der Waals surface area contributed by atoms with Gasteiger partial charge >= 0.3 is 0 Å². The van der Waals surface area contributed by atoms with Gasteiger partial charge in [-0.2, -0.15) is 0 Å². The summed E-state index contributed by atoms with van der Waals surface area (Å²) in [5.41, 5.74) is 7.57. The van der Waals surface area contributed by atoms with Crippen LogP contribution in [-0.2, 0) is 0 Å². The van der Waals surface area contributed by atoms with Gasteiger partial charge in [0, 0.05) is 18.2 Å². The van der Waals surface area contributed by atoms with E-state index in [1.165, 1.54) is 80.8 Å². The normalized spacial score (nSPS) is 17.4. The monoisotopic (exact) mass is 644 g/mol. The Morgan fingerprint density at radius 3 is 0.918 bits per heavy atom. The van der Waals surface area contributed by atoms with Gasteiger partial charge in [-0.3, -0.25) is 0 Å². The number of hydrogen-bond donors (Lipinski definition) is 0. The van der Waals surface area contributed by atoms with E-state index in [2.05, 4.69) is 194 Å². The first-order valence-corrected chi connectivity index (χ1v) is 19.3. The van der Waals surface area contributed by atoms with Gasteiger partial charge in [0.1, 0.15) is 0 Å². The molecule has 0 N–H and O–H groups in total. The van der Waals surface area contributed by atoms with Gasteiger partial charge < -0.3 is 0 Å². The molecular weight excluding hydrogens is 615 g/mol. The van der Waals surface area contributed by atoms with Crippen molar-refractivity contribution in [3.05, 3.63) is 182 Å². The van der Waals surface area contributed by atoms with Crippen molar-refractivity contribution in [1.29, 1.82) is 0 Å². The van der Waals surface area contributed by atoms with Gasteiger partial charge in [0.25, 0.3) is 0 Å². The smallest absolute Gasteiger partial charge is 0.0744 e. The number of fused-ring (bicyclic) bond motifs is 15. The second-order valence-corrected chi connectivity index (χ2v) is 18.8. The van der Waals surface area contributed by atoms with Crippen molar-refractivity contribution in [2.75, 3.05) is 0 Å². The zero-order valence-corrected chi connectivity index (χ0v) is 27.4. The van der Waals surface area contributed by atoms with Crippen molar-refractivity contribution < 1.29 is 11.9 Å². The van der Waals surface area contributed by atoms with Crippen LogP contribution in [0.4, 0.5) is 0 Å². The van der Waals surface area contributed by atoms with Crippen molar-refractivity contribution >= 4 is 41.2 Å². The largest absolute Gasteiger partial charge is 0.243 e. The lowest BCUT2D eigenvalue weighted by Crippen LogP contribution is -2.84. The summed E-state index contributed by atoms with van der Waals surface area (Å²) < 4.78 is 8.30. The minimum atomic E-state index is -4.61. The number of rotatable bonds is 0. The molecule has 0 bridgehead atoms. The molecule has 0 saturated carbocycles. The molecule has 49 heavy (non-hydrogen) atoms. The van der Waals surface area contributed by atoms with Crippen molar-refractivity contribution in [2.45, 2.75) is 14.7 Å². The highest BCUT2D eigenvalue weighted by Crippen LogP contribution is 3.00. The van der Waals surface area contributed by atoms with E-state index in [1.54, 1.807) is 0 Å². The third kappa shape index (κ3) is 2.28. The molecule has 0 radical (unpaired) electrons. The predicted octanol–water partition coefficient (Wildman–Crippen LogP) is 9.69. The molecule has 4 heteroatoms. The standard InChI is InChI=1S/C45H30N3S/c1-4-16-34-31(13-1)25-28-46-43(34)37-19-7-10-22-40(37)49(46,41-23-11-8-20-38(41)44-35-17-5-2-14-32(35)26-29-47(44)49)42-24-12-9-21-39(42)45-36-18-6-3-15-33(36)27-30-48(45)49/h1-30H/q+3. The van der Waals surface area contributed by atoms with E-state index in [4.69, 9.17) is 0 Å². The van der Waals surface area contributed by atoms with Crippen LogP contribution in [0.1, 0.15) is 0 Å². The van der Waals surface area contributed by atoms with Crippen LogP contribution in [-0.4, -0.2) is 0 Å². The Hall–Kier alpha value is -6.10. The minimum Gasteiger partial charge on any atom is -0.0744 e. The summed E-state index contributed by atoms with van der Waals surface area (Å²) >= 11 is 0. The fourth-order valence-electron chi connectivity index (χ4n) is 10.3. The lowest BCUT2D eigenvalue weighted by Gasteiger charge is -2.60. The van der Waals surface area contributed by atoms with Crippen molar-refractivity contribution in [2.24, 2.45) is 0 Å². The Labute approximate surface area is 282 Å². The van der Waals surface area contributed by atoms with E-state index >= 15 is 0 Å².